The molecule has 0 unspecified atom stereocenters. The normalized spacial score (nSPS) is 11.4. The molecule has 0 saturated carbocycles. The van der Waals surface area contributed by atoms with E-state index in [0.29, 0.717) is 0 Å². The number of carbonyl (C=O) groups excluding carboxylic acids is 1. The van der Waals surface area contributed by atoms with Crippen LogP contribution in [0, 0.1) is 0 Å². The van der Waals surface area contributed by atoms with Crippen molar-refractivity contribution in [1.82, 2.24) is 5.16 Å². The third kappa shape index (κ3) is 3.84. The Kier molecular flexibility index (Phi) is 4.93. The van der Waals surface area contributed by atoms with E-state index < -0.39 is 17.6 Å². The van der Waals surface area contributed by atoms with Gasteiger partial charge in [-0.15, -0.1) is 0 Å². The van der Waals surface area contributed by atoms with Gasteiger partial charge in [0.25, 0.3) is 5.91 Å². The molecule has 1 N–H and O–H groups in total. The molecule has 0 aliphatic rings. The molecule has 4 nitrogen and oxygen atoms in total. The van der Waals surface area contributed by atoms with E-state index in [-0.39, 0.29) is 32.8 Å². The summed E-state index contributed by atoms with van der Waals surface area (Å²) in [4.78, 5) is 12.3. The maximum Gasteiger partial charge on any atom is 0.416 e. The second-order valence-corrected chi connectivity index (χ2v) is 6.02. The van der Waals surface area contributed by atoms with Crippen LogP contribution in [0.4, 0.5) is 19.0 Å². The van der Waals surface area contributed by atoms with Crippen molar-refractivity contribution in [3.05, 3.63) is 69.7 Å². The van der Waals surface area contributed by atoms with E-state index in [1.165, 1.54) is 30.3 Å². The van der Waals surface area contributed by atoms with E-state index >= 15 is 0 Å². The summed E-state index contributed by atoms with van der Waals surface area (Å²) in [7, 11) is 0. The van der Waals surface area contributed by atoms with Crippen molar-refractivity contribution < 1.29 is 22.5 Å². The van der Waals surface area contributed by atoms with Gasteiger partial charge in [0.1, 0.15) is 0 Å². The van der Waals surface area contributed by atoms with Crippen LogP contribution in [-0.2, 0) is 6.18 Å². The molecule has 0 bridgehead atoms. The molecule has 26 heavy (non-hydrogen) atoms. The van der Waals surface area contributed by atoms with E-state index in [1.807, 2.05) is 0 Å². The number of hydrogen-bond donors (Lipinski definition) is 1. The molecule has 0 radical (unpaired) electrons. The van der Waals surface area contributed by atoms with Gasteiger partial charge in [-0.25, -0.2) is 0 Å². The molecule has 0 spiro atoms. The Morgan fingerprint density at radius 3 is 2.35 bits per heavy atom. The number of alkyl halides is 3. The highest BCUT2D eigenvalue weighted by molar-refractivity contribution is 6.40. The average molecular weight is 401 g/mol. The van der Waals surface area contributed by atoms with Crippen LogP contribution in [0.1, 0.15) is 15.9 Å². The van der Waals surface area contributed by atoms with E-state index in [0.717, 1.165) is 12.1 Å². The first kappa shape index (κ1) is 18.3. The minimum Gasteiger partial charge on any atom is -0.354 e. The Morgan fingerprint density at radius 2 is 1.69 bits per heavy atom. The Bertz CT molecular complexity index is 950. The number of halogens is 5. The molecule has 1 amide bonds. The molecular weight excluding hydrogens is 392 g/mol. The number of amides is 1. The molecule has 9 heteroatoms. The maximum atomic E-state index is 12.8. The number of carbonyl (C=O) groups is 1. The molecule has 3 rings (SSSR count). The molecular formula is C17H9Cl2F3N2O2. The number of aromatic nitrogens is 1. The van der Waals surface area contributed by atoms with E-state index in [4.69, 9.17) is 27.7 Å². The van der Waals surface area contributed by atoms with Crippen molar-refractivity contribution in [2.75, 3.05) is 5.32 Å². The topological polar surface area (TPSA) is 55.1 Å². The second kappa shape index (κ2) is 7.01. The summed E-state index contributed by atoms with van der Waals surface area (Å²) in [6.07, 6.45) is -4.48. The molecule has 1 aromatic heterocycles. The van der Waals surface area contributed by atoms with Gasteiger partial charge in [-0.3, -0.25) is 4.79 Å². The van der Waals surface area contributed by atoms with Crippen LogP contribution in [0.5, 0.6) is 0 Å². The minimum absolute atomic E-state index is 0.0124. The molecule has 0 saturated heterocycles. The van der Waals surface area contributed by atoms with Gasteiger partial charge in [0.05, 0.1) is 21.2 Å². The third-order valence-electron chi connectivity index (χ3n) is 3.42. The largest absolute Gasteiger partial charge is 0.416 e. The standard InChI is InChI=1S/C17H9Cl2F3N2O2/c18-11-5-2-6-12(19)15(11)16(25)23-14-8-13(26-24-14)9-3-1-4-10(7-9)17(20,21)22/h1-8H,(H,23,24,25). The van der Waals surface area contributed by atoms with Crippen LogP contribution < -0.4 is 5.32 Å². The van der Waals surface area contributed by atoms with E-state index in [9.17, 15) is 18.0 Å². The van der Waals surface area contributed by atoms with E-state index in [1.54, 1.807) is 6.07 Å². The van der Waals surface area contributed by atoms with Gasteiger partial charge >= 0.3 is 6.18 Å². The lowest BCUT2D eigenvalue weighted by atomic mass is 10.1. The lowest BCUT2D eigenvalue weighted by Gasteiger charge is -2.06. The first-order valence-corrected chi connectivity index (χ1v) is 7.91. The quantitative estimate of drug-likeness (QED) is 0.593. The van der Waals surface area contributed by atoms with Crippen LogP contribution in [0.25, 0.3) is 11.3 Å². The number of nitrogens with zero attached hydrogens (tertiary/aromatic N) is 1. The SMILES string of the molecule is O=C(Nc1cc(-c2cccc(C(F)(F)F)c2)on1)c1c(Cl)cccc1Cl. The van der Waals surface area contributed by atoms with Crippen molar-refractivity contribution in [2.45, 2.75) is 6.18 Å². The summed E-state index contributed by atoms with van der Waals surface area (Å²) in [6.45, 7) is 0. The fourth-order valence-electron chi connectivity index (χ4n) is 2.21. The summed E-state index contributed by atoms with van der Waals surface area (Å²) in [5.74, 6) is -0.542. The lowest BCUT2D eigenvalue weighted by Crippen LogP contribution is -2.13. The molecule has 1 heterocycles. The summed E-state index contributed by atoms with van der Waals surface area (Å²) in [5.41, 5.74) is -0.595. The smallest absolute Gasteiger partial charge is 0.354 e. The number of benzene rings is 2. The second-order valence-electron chi connectivity index (χ2n) is 5.21. The number of rotatable bonds is 3. The zero-order valence-electron chi connectivity index (χ0n) is 12.8. The highest BCUT2D eigenvalue weighted by atomic mass is 35.5. The zero-order valence-corrected chi connectivity index (χ0v) is 14.3. The van der Waals surface area contributed by atoms with Gasteiger partial charge in [0, 0.05) is 11.6 Å². The Morgan fingerprint density at radius 1 is 1.04 bits per heavy atom. The monoisotopic (exact) mass is 400 g/mol. The number of nitrogens with one attached hydrogen (secondary N) is 1. The van der Waals surface area contributed by atoms with Crippen LogP contribution in [0.3, 0.4) is 0 Å². The fraction of sp³-hybridized carbons (Fsp3) is 0.0588. The van der Waals surface area contributed by atoms with E-state index in [2.05, 4.69) is 10.5 Å². The van der Waals surface area contributed by atoms with Crippen molar-refractivity contribution in [3.63, 3.8) is 0 Å². The summed E-state index contributed by atoms with van der Waals surface area (Å²) >= 11 is 11.9. The Labute approximate surface area is 155 Å². The van der Waals surface area contributed by atoms with Gasteiger partial charge < -0.3 is 9.84 Å². The molecule has 0 atom stereocenters. The Balaban J connectivity index is 1.84. The first-order chi connectivity index (χ1) is 12.3. The van der Waals surface area contributed by atoms with Gasteiger partial charge in [0.2, 0.25) is 0 Å². The molecule has 134 valence electrons. The summed E-state index contributed by atoms with van der Waals surface area (Å²) in [5, 5.41) is 6.37. The van der Waals surface area contributed by atoms with Gasteiger partial charge in [-0.05, 0) is 24.3 Å². The number of hydrogen-bond acceptors (Lipinski definition) is 3. The third-order valence-corrected chi connectivity index (χ3v) is 4.05. The van der Waals surface area contributed by atoms with Crippen molar-refractivity contribution in [2.24, 2.45) is 0 Å². The van der Waals surface area contributed by atoms with Crippen LogP contribution in [0.15, 0.2) is 53.1 Å². The van der Waals surface area contributed by atoms with Crippen molar-refractivity contribution in [3.8, 4) is 11.3 Å². The Hall–Kier alpha value is -2.51. The predicted molar refractivity (Wildman–Crippen MR) is 91.4 cm³/mol. The molecule has 0 aliphatic heterocycles. The van der Waals surface area contributed by atoms with Crippen molar-refractivity contribution in [1.29, 1.82) is 0 Å². The van der Waals surface area contributed by atoms with Gasteiger partial charge in [-0.2, -0.15) is 13.2 Å². The first-order valence-electron chi connectivity index (χ1n) is 7.15. The van der Waals surface area contributed by atoms with Crippen LogP contribution in [0.2, 0.25) is 10.0 Å². The minimum atomic E-state index is -4.48. The highest BCUT2D eigenvalue weighted by Crippen LogP contribution is 2.33. The maximum absolute atomic E-state index is 12.8. The van der Waals surface area contributed by atoms with Crippen molar-refractivity contribution >= 4 is 34.9 Å². The van der Waals surface area contributed by atoms with Crippen LogP contribution >= 0.6 is 23.2 Å². The predicted octanol–water partition coefficient (Wildman–Crippen LogP) is 5.92. The lowest BCUT2D eigenvalue weighted by molar-refractivity contribution is -0.137. The fourth-order valence-corrected chi connectivity index (χ4v) is 2.78. The summed E-state index contributed by atoms with van der Waals surface area (Å²) < 4.78 is 43.4. The molecule has 0 fully saturated rings. The molecule has 2 aromatic carbocycles. The summed E-state index contributed by atoms with van der Waals surface area (Å²) in [6, 6.07) is 10.5. The van der Waals surface area contributed by atoms with Crippen LogP contribution in [-0.4, -0.2) is 11.1 Å². The molecule has 3 aromatic rings. The zero-order chi connectivity index (χ0) is 18.9. The van der Waals surface area contributed by atoms with Gasteiger partial charge in [0.15, 0.2) is 11.6 Å². The highest BCUT2D eigenvalue weighted by Gasteiger charge is 2.30. The average Bonchev–Trinajstić information content (AvgIpc) is 3.02. The van der Waals surface area contributed by atoms with Gasteiger partial charge in [-0.1, -0.05) is 46.6 Å². The number of anilines is 1. The molecule has 0 aliphatic carbocycles.